The lowest BCUT2D eigenvalue weighted by molar-refractivity contribution is -0.505. The van der Waals surface area contributed by atoms with Crippen LogP contribution in [0.2, 0.25) is 5.02 Å². The predicted octanol–water partition coefficient (Wildman–Crippen LogP) is 3.93. The van der Waals surface area contributed by atoms with Gasteiger partial charge in [-0.25, -0.2) is 4.79 Å². The van der Waals surface area contributed by atoms with Crippen molar-refractivity contribution in [1.82, 2.24) is 0 Å². The smallest absolute Gasteiger partial charge is 0.336 e. The van der Waals surface area contributed by atoms with Gasteiger partial charge < -0.3 is 14.6 Å². The third-order valence-electron chi connectivity index (χ3n) is 5.12. The summed E-state index contributed by atoms with van der Waals surface area (Å²) >= 11 is 5.93. The van der Waals surface area contributed by atoms with Crippen molar-refractivity contribution < 1.29 is 24.3 Å². The standard InChI is InChI=1S/C23H23ClN2O6/c1-14-20(23(28)31-12-11-27)21(22(26(29)30)15(2)25-14)18-5-3-4-6-19(18)32-13-16-7-9-17(24)10-8-16/h3-10,21-22,27H,11-13H2,1-2H3. The molecule has 1 N–H and O–H groups in total. The highest BCUT2D eigenvalue weighted by Crippen LogP contribution is 2.41. The minimum absolute atomic E-state index is 0.0771. The molecule has 0 bridgehead atoms. The molecule has 3 rings (SSSR count). The molecule has 0 radical (unpaired) electrons. The molecule has 0 amide bonds. The number of nitro groups is 1. The lowest BCUT2D eigenvalue weighted by Gasteiger charge is -2.28. The second kappa shape index (κ2) is 10.4. The second-order valence-corrected chi connectivity index (χ2v) is 7.71. The van der Waals surface area contributed by atoms with Gasteiger partial charge in [-0.3, -0.25) is 15.1 Å². The number of aliphatic imine (C=N–C) groups is 1. The highest BCUT2D eigenvalue weighted by atomic mass is 35.5. The Kier molecular flexibility index (Phi) is 7.61. The molecule has 0 saturated carbocycles. The number of aliphatic hydroxyl groups excluding tert-OH is 1. The zero-order chi connectivity index (χ0) is 23.3. The van der Waals surface area contributed by atoms with Crippen molar-refractivity contribution in [2.75, 3.05) is 13.2 Å². The number of para-hydroxylation sites is 1. The molecule has 8 nitrogen and oxygen atoms in total. The maximum Gasteiger partial charge on any atom is 0.336 e. The predicted molar refractivity (Wildman–Crippen MR) is 120 cm³/mol. The molecular formula is C23H23ClN2O6. The van der Waals surface area contributed by atoms with Crippen LogP contribution < -0.4 is 4.74 Å². The number of benzene rings is 2. The molecule has 1 aliphatic rings. The summed E-state index contributed by atoms with van der Waals surface area (Å²) in [4.78, 5) is 28.6. The molecule has 168 valence electrons. The molecule has 0 aromatic heterocycles. The molecule has 0 fully saturated rings. The Morgan fingerprint density at radius 3 is 2.53 bits per heavy atom. The van der Waals surface area contributed by atoms with Gasteiger partial charge in [0.2, 0.25) is 0 Å². The fraction of sp³-hybridized carbons (Fsp3) is 0.304. The summed E-state index contributed by atoms with van der Waals surface area (Å²) in [6.45, 7) is 2.81. The number of carbonyl (C=O) groups is 1. The summed E-state index contributed by atoms with van der Waals surface area (Å²) in [5.74, 6) is -1.30. The first-order chi connectivity index (χ1) is 15.3. The SMILES string of the molecule is CC1=NC(C)=C(C(=O)OCCO)C(c2ccccc2OCc2ccc(Cl)cc2)C1[N+](=O)[O-]. The van der Waals surface area contributed by atoms with Crippen molar-refractivity contribution in [2.24, 2.45) is 4.99 Å². The van der Waals surface area contributed by atoms with Gasteiger partial charge in [0.05, 0.1) is 23.8 Å². The summed E-state index contributed by atoms with van der Waals surface area (Å²) in [7, 11) is 0. The van der Waals surface area contributed by atoms with E-state index in [1.165, 1.54) is 0 Å². The number of allylic oxidation sites excluding steroid dienone is 1. The van der Waals surface area contributed by atoms with Gasteiger partial charge in [-0.1, -0.05) is 41.9 Å². The average Bonchev–Trinajstić information content (AvgIpc) is 2.76. The van der Waals surface area contributed by atoms with Crippen LogP contribution in [0.4, 0.5) is 0 Å². The van der Waals surface area contributed by atoms with Crippen molar-refractivity contribution in [3.63, 3.8) is 0 Å². The lowest BCUT2D eigenvalue weighted by atomic mass is 9.80. The first-order valence-electron chi connectivity index (χ1n) is 9.97. The maximum absolute atomic E-state index is 12.8. The zero-order valence-electron chi connectivity index (χ0n) is 17.7. The summed E-state index contributed by atoms with van der Waals surface area (Å²) in [6, 6.07) is 12.8. The van der Waals surface area contributed by atoms with Crippen LogP contribution in [-0.4, -0.2) is 41.0 Å². The van der Waals surface area contributed by atoms with Gasteiger partial charge in [0.1, 0.15) is 19.0 Å². The third-order valence-corrected chi connectivity index (χ3v) is 5.37. The number of aliphatic hydroxyl groups is 1. The zero-order valence-corrected chi connectivity index (χ0v) is 18.4. The molecule has 2 atom stereocenters. The molecule has 1 aliphatic heterocycles. The van der Waals surface area contributed by atoms with Gasteiger partial charge in [-0.2, -0.15) is 0 Å². The quantitative estimate of drug-likeness (QED) is 0.364. The van der Waals surface area contributed by atoms with Crippen molar-refractivity contribution in [2.45, 2.75) is 32.4 Å². The number of hydrogen-bond acceptors (Lipinski definition) is 7. The number of esters is 1. The van der Waals surface area contributed by atoms with Gasteiger partial charge in [0.25, 0.3) is 6.04 Å². The fourth-order valence-corrected chi connectivity index (χ4v) is 3.84. The maximum atomic E-state index is 12.8. The van der Waals surface area contributed by atoms with E-state index in [0.29, 0.717) is 22.0 Å². The van der Waals surface area contributed by atoms with Crippen LogP contribution in [0.25, 0.3) is 0 Å². The normalized spacial score (nSPS) is 18.2. The van der Waals surface area contributed by atoms with E-state index in [0.717, 1.165) is 5.56 Å². The van der Waals surface area contributed by atoms with Crippen LogP contribution in [0.15, 0.2) is 64.8 Å². The van der Waals surface area contributed by atoms with E-state index in [9.17, 15) is 14.9 Å². The molecule has 2 aromatic rings. The Morgan fingerprint density at radius 2 is 1.88 bits per heavy atom. The molecule has 0 saturated heterocycles. The highest BCUT2D eigenvalue weighted by molar-refractivity contribution is 6.30. The topological polar surface area (TPSA) is 111 Å². The van der Waals surface area contributed by atoms with Crippen LogP contribution in [0.5, 0.6) is 5.75 Å². The van der Waals surface area contributed by atoms with Gasteiger partial charge in [-0.05, 0) is 37.6 Å². The van der Waals surface area contributed by atoms with Crippen LogP contribution in [0.1, 0.15) is 30.9 Å². The summed E-state index contributed by atoms with van der Waals surface area (Å²) < 4.78 is 11.1. The van der Waals surface area contributed by atoms with Crippen molar-refractivity contribution in [3.8, 4) is 5.75 Å². The molecular weight excluding hydrogens is 436 g/mol. The Morgan fingerprint density at radius 1 is 1.19 bits per heavy atom. The minimum atomic E-state index is -1.27. The number of rotatable bonds is 8. The first kappa shape index (κ1) is 23.4. The number of nitrogens with zero attached hydrogens (tertiary/aromatic N) is 2. The van der Waals surface area contributed by atoms with E-state index in [2.05, 4.69) is 4.99 Å². The average molecular weight is 459 g/mol. The Balaban J connectivity index is 2.03. The molecule has 2 unspecified atom stereocenters. The van der Waals surface area contributed by atoms with E-state index in [-0.39, 0.29) is 31.1 Å². The van der Waals surface area contributed by atoms with E-state index in [1.54, 1.807) is 50.2 Å². The van der Waals surface area contributed by atoms with E-state index >= 15 is 0 Å². The summed E-state index contributed by atoms with van der Waals surface area (Å²) in [6.07, 6.45) is 0. The van der Waals surface area contributed by atoms with Gasteiger partial charge in [0, 0.05) is 21.2 Å². The van der Waals surface area contributed by atoms with Crippen LogP contribution >= 0.6 is 11.6 Å². The van der Waals surface area contributed by atoms with Gasteiger partial charge >= 0.3 is 5.97 Å². The molecule has 9 heteroatoms. The van der Waals surface area contributed by atoms with E-state index in [4.69, 9.17) is 26.2 Å². The minimum Gasteiger partial charge on any atom is -0.489 e. The van der Waals surface area contributed by atoms with Gasteiger partial charge in [-0.15, -0.1) is 0 Å². The van der Waals surface area contributed by atoms with Crippen LogP contribution in [0.3, 0.4) is 0 Å². The third kappa shape index (κ3) is 5.15. The second-order valence-electron chi connectivity index (χ2n) is 7.27. The van der Waals surface area contributed by atoms with Crippen molar-refractivity contribution in [3.05, 3.63) is 86.1 Å². The Labute approximate surface area is 190 Å². The van der Waals surface area contributed by atoms with E-state index < -0.39 is 22.9 Å². The number of hydrogen-bond donors (Lipinski definition) is 1. The summed E-state index contributed by atoms with van der Waals surface area (Å²) in [5.41, 5.74) is 2.04. The number of ether oxygens (including phenoxy) is 2. The molecule has 0 spiro atoms. The fourth-order valence-electron chi connectivity index (χ4n) is 3.72. The summed E-state index contributed by atoms with van der Waals surface area (Å²) in [5, 5.41) is 21.6. The molecule has 1 heterocycles. The monoisotopic (exact) mass is 458 g/mol. The van der Waals surface area contributed by atoms with Crippen molar-refractivity contribution in [1.29, 1.82) is 0 Å². The number of carbonyl (C=O) groups excluding carboxylic acids is 1. The van der Waals surface area contributed by atoms with Crippen molar-refractivity contribution >= 4 is 23.3 Å². The Bertz CT molecular complexity index is 1060. The van der Waals surface area contributed by atoms with Gasteiger partial charge in [0.15, 0.2) is 0 Å². The largest absolute Gasteiger partial charge is 0.489 e. The first-order valence-corrected chi connectivity index (χ1v) is 10.3. The van der Waals surface area contributed by atoms with Crippen LogP contribution in [0, 0.1) is 10.1 Å². The lowest BCUT2D eigenvalue weighted by Crippen LogP contribution is -2.40. The molecule has 0 aliphatic carbocycles. The molecule has 2 aromatic carbocycles. The molecule has 32 heavy (non-hydrogen) atoms. The van der Waals surface area contributed by atoms with Crippen LogP contribution in [-0.2, 0) is 16.1 Å². The Hall–Kier alpha value is -3.23. The highest BCUT2D eigenvalue weighted by Gasteiger charge is 2.45. The van der Waals surface area contributed by atoms with E-state index in [1.807, 2.05) is 12.1 Å². The number of halogens is 1.